The average Bonchev–Trinajstić information content (AvgIpc) is 3.45. The van der Waals surface area contributed by atoms with Gasteiger partial charge in [-0.2, -0.15) is 0 Å². The number of hydrogen-bond acceptors (Lipinski definition) is 5. The number of rotatable bonds is 7. The number of ketones is 1. The molecular weight excluding hydrogens is 461 g/mol. The first-order valence-electron chi connectivity index (χ1n) is 11.7. The van der Waals surface area contributed by atoms with Crippen molar-refractivity contribution in [2.45, 2.75) is 37.7 Å². The summed E-state index contributed by atoms with van der Waals surface area (Å²) in [5.41, 5.74) is 6.11. The lowest BCUT2D eigenvalue weighted by atomic mass is 9.81. The molecule has 2 atom stereocenters. The Morgan fingerprint density at radius 1 is 1.19 bits per heavy atom. The van der Waals surface area contributed by atoms with Crippen LogP contribution in [0.5, 0.6) is 5.75 Å². The lowest BCUT2D eigenvalue weighted by Crippen LogP contribution is -2.40. The molecule has 4 N–H and O–H groups in total. The van der Waals surface area contributed by atoms with Gasteiger partial charge < -0.3 is 20.6 Å². The number of aliphatic hydroxyl groups is 1. The number of nitrogens with one attached hydrogen (secondary N) is 1. The van der Waals surface area contributed by atoms with Crippen molar-refractivity contribution in [2.75, 3.05) is 6.61 Å². The number of carbonyl (C=O) groups is 2. The van der Waals surface area contributed by atoms with Gasteiger partial charge in [-0.3, -0.25) is 9.59 Å². The van der Waals surface area contributed by atoms with Crippen LogP contribution in [-0.4, -0.2) is 33.4 Å². The summed E-state index contributed by atoms with van der Waals surface area (Å²) >= 11 is 0. The van der Waals surface area contributed by atoms with Crippen LogP contribution in [0.4, 0.5) is 4.39 Å². The molecule has 0 unspecified atom stereocenters. The molecule has 2 aromatic heterocycles. The molecular formula is C28H26FN3O4. The predicted octanol–water partition coefficient (Wildman–Crippen LogP) is 4.38. The van der Waals surface area contributed by atoms with E-state index in [4.69, 9.17) is 10.5 Å². The molecule has 0 radical (unpaired) electrons. The average molecular weight is 488 g/mol. The summed E-state index contributed by atoms with van der Waals surface area (Å²) in [5.74, 6) is -0.748. The van der Waals surface area contributed by atoms with Crippen molar-refractivity contribution >= 4 is 22.6 Å². The van der Waals surface area contributed by atoms with Crippen molar-refractivity contribution in [2.24, 2.45) is 5.73 Å². The van der Waals surface area contributed by atoms with E-state index in [0.29, 0.717) is 28.3 Å². The van der Waals surface area contributed by atoms with Gasteiger partial charge in [0.15, 0.2) is 5.78 Å². The number of ether oxygens (including phenoxy) is 1. The molecule has 0 spiro atoms. The van der Waals surface area contributed by atoms with Crippen LogP contribution < -0.4 is 10.5 Å². The monoisotopic (exact) mass is 487 g/mol. The first-order valence-corrected chi connectivity index (χ1v) is 11.7. The maximum absolute atomic E-state index is 13.6. The van der Waals surface area contributed by atoms with E-state index in [-0.39, 0.29) is 30.9 Å². The van der Waals surface area contributed by atoms with E-state index < -0.39 is 22.7 Å². The van der Waals surface area contributed by atoms with Gasteiger partial charge in [0.1, 0.15) is 34.9 Å². The Morgan fingerprint density at radius 2 is 1.92 bits per heavy atom. The zero-order valence-corrected chi connectivity index (χ0v) is 20.0. The van der Waals surface area contributed by atoms with Crippen molar-refractivity contribution in [1.82, 2.24) is 9.97 Å². The number of primary amides is 1. The van der Waals surface area contributed by atoms with Crippen LogP contribution in [0.15, 0.2) is 60.7 Å². The van der Waals surface area contributed by atoms with Gasteiger partial charge in [-0.05, 0) is 62.7 Å². The number of benzene rings is 2. The fraction of sp³-hybridized carbons (Fsp3) is 0.250. The van der Waals surface area contributed by atoms with Crippen LogP contribution in [0.1, 0.15) is 48.4 Å². The molecule has 184 valence electrons. The minimum atomic E-state index is -1.51. The van der Waals surface area contributed by atoms with E-state index in [1.807, 2.05) is 24.3 Å². The number of halogens is 1. The Hall–Kier alpha value is -4.04. The summed E-state index contributed by atoms with van der Waals surface area (Å²) in [4.78, 5) is 33.0. The van der Waals surface area contributed by atoms with Crippen molar-refractivity contribution in [3.63, 3.8) is 0 Å². The minimum Gasteiger partial charge on any atom is -0.489 e. The van der Waals surface area contributed by atoms with Gasteiger partial charge in [0.05, 0.1) is 11.4 Å². The van der Waals surface area contributed by atoms with E-state index in [0.717, 1.165) is 10.9 Å². The van der Waals surface area contributed by atoms with Gasteiger partial charge in [-0.15, -0.1) is 0 Å². The Kier molecular flexibility index (Phi) is 5.64. The highest BCUT2D eigenvalue weighted by Gasteiger charge is 2.45. The third kappa shape index (κ3) is 4.03. The van der Waals surface area contributed by atoms with E-state index in [9.17, 15) is 19.1 Å². The van der Waals surface area contributed by atoms with Crippen molar-refractivity contribution < 1.29 is 23.8 Å². The number of carbonyl (C=O) groups excluding carboxylic acids is 2. The van der Waals surface area contributed by atoms with Crippen LogP contribution in [-0.2, 0) is 15.8 Å². The minimum absolute atomic E-state index is 0.0258. The number of para-hydroxylation sites is 1. The standard InChI is InChI=1S/C28H26FN3O4/c1-27(26(30)34)15-36-25-19(27)14-23(32-24(25)16-7-9-18(29)10-8-16)28(2,35)12-11-22(33)21-13-17-5-3-4-6-20(17)31-21/h3-10,13-14,31,35H,11-12,15H2,1-2H3,(H2,30,34)/t27-,28-/m0/s1. The largest absolute Gasteiger partial charge is 0.489 e. The van der Waals surface area contributed by atoms with Crippen LogP contribution in [0.2, 0.25) is 0 Å². The van der Waals surface area contributed by atoms with Crippen LogP contribution in [0, 0.1) is 5.82 Å². The molecule has 0 fully saturated rings. The van der Waals surface area contributed by atoms with Crippen molar-refractivity contribution in [3.8, 4) is 17.0 Å². The van der Waals surface area contributed by atoms with E-state index in [2.05, 4.69) is 9.97 Å². The fourth-order valence-electron chi connectivity index (χ4n) is 4.51. The lowest BCUT2D eigenvalue weighted by molar-refractivity contribution is -0.123. The number of aromatic nitrogens is 2. The molecule has 3 heterocycles. The number of Topliss-reactive ketones (excluding diaryl/α,β-unsaturated/α-hetero) is 1. The smallest absolute Gasteiger partial charge is 0.231 e. The van der Waals surface area contributed by atoms with Gasteiger partial charge in [0.25, 0.3) is 0 Å². The molecule has 1 amide bonds. The van der Waals surface area contributed by atoms with Crippen LogP contribution in [0.3, 0.4) is 0 Å². The number of amides is 1. The number of nitrogens with two attached hydrogens (primary N) is 1. The number of fused-ring (bicyclic) bond motifs is 2. The molecule has 0 saturated carbocycles. The quantitative estimate of drug-likeness (QED) is 0.335. The maximum Gasteiger partial charge on any atom is 0.231 e. The van der Waals surface area contributed by atoms with Gasteiger partial charge in [0, 0.05) is 28.5 Å². The number of aromatic amines is 1. The molecule has 1 aliphatic rings. The zero-order chi connectivity index (χ0) is 25.7. The molecule has 2 aromatic carbocycles. The van der Waals surface area contributed by atoms with Gasteiger partial charge in [-0.1, -0.05) is 18.2 Å². The molecule has 36 heavy (non-hydrogen) atoms. The Morgan fingerprint density at radius 3 is 2.61 bits per heavy atom. The Balaban J connectivity index is 1.50. The summed E-state index contributed by atoms with van der Waals surface area (Å²) < 4.78 is 19.4. The number of hydrogen-bond donors (Lipinski definition) is 3. The molecule has 0 bridgehead atoms. The first-order chi connectivity index (χ1) is 17.1. The topological polar surface area (TPSA) is 118 Å². The lowest BCUT2D eigenvalue weighted by Gasteiger charge is -2.25. The number of pyridine rings is 1. The number of nitrogens with zero attached hydrogens (tertiary/aromatic N) is 1. The van der Waals surface area contributed by atoms with E-state index in [1.165, 1.54) is 12.1 Å². The van der Waals surface area contributed by atoms with Crippen molar-refractivity contribution in [3.05, 3.63) is 83.4 Å². The normalized spacial score (nSPS) is 18.4. The summed E-state index contributed by atoms with van der Waals surface area (Å²) in [6.45, 7) is 3.28. The summed E-state index contributed by atoms with van der Waals surface area (Å²) in [6.07, 6.45) is 0.151. The molecule has 7 nitrogen and oxygen atoms in total. The highest BCUT2D eigenvalue weighted by molar-refractivity contribution is 5.99. The summed E-state index contributed by atoms with van der Waals surface area (Å²) in [6, 6.07) is 16.7. The second-order valence-corrected chi connectivity index (χ2v) is 9.69. The second-order valence-electron chi connectivity index (χ2n) is 9.69. The molecule has 0 aliphatic carbocycles. The van der Waals surface area contributed by atoms with Gasteiger partial charge in [0.2, 0.25) is 5.91 Å². The molecule has 5 rings (SSSR count). The Bertz CT molecular complexity index is 1460. The molecule has 8 heteroatoms. The Labute approximate surface area is 207 Å². The highest BCUT2D eigenvalue weighted by Crippen LogP contribution is 2.45. The van der Waals surface area contributed by atoms with Gasteiger partial charge in [-0.25, -0.2) is 9.37 Å². The fourth-order valence-corrected chi connectivity index (χ4v) is 4.51. The third-order valence-corrected chi connectivity index (χ3v) is 6.96. The first kappa shape index (κ1) is 23.7. The maximum atomic E-state index is 13.6. The molecule has 0 saturated heterocycles. The summed E-state index contributed by atoms with van der Waals surface area (Å²) in [7, 11) is 0. The van der Waals surface area contributed by atoms with E-state index in [1.54, 1.807) is 38.1 Å². The van der Waals surface area contributed by atoms with Crippen LogP contribution in [0.25, 0.3) is 22.2 Å². The predicted molar refractivity (Wildman–Crippen MR) is 133 cm³/mol. The van der Waals surface area contributed by atoms with E-state index >= 15 is 0 Å². The summed E-state index contributed by atoms with van der Waals surface area (Å²) in [5, 5.41) is 12.4. The van der Waals surface area contributed by atoms with Gasteiger partial charge >= 0.3 is 0 Å². The highest BCUT2D eigenvalue weighted by atomic mass is 19.1. The zero-order valence-electron chi connectivity index (χ0n) is 20.0. The third-order valence-electron chi connectivity index (χ3n) is 6.96. The SMILES string of the molecule is C[C@](O)(CCC(=O)c1cc2ccccc2[nH]1)c1cc2c(c(-c3ccc(F)cc3)n1)OC[C@]2(C)C(N)=O. The molecule has 4 aromatic rings. The molecule has 1 aliphatic heterocycles. The van der Waals surface area contributed by atoms with Crippen molar-refractivity contribution in [1.29, 1.82) is 0 Å². The number of H-pyrrole nitrogens is 1. The second kappa shape index (κ2) is 8.57. The van der Waals surface area contributed by atoms with Crippen LogP contribution >= 0.6 is 0 Å².